The number of hydrogen-bond acceptors (Lipinski definition) is 4. The van der Waals surface area contributed by atoms with Gasteiger partial charge in [-0.3, -0.25) is 9.88 Å². The van der Waals surface area contributed by atoms with Crippen molar-refractivity contribution in [2.75, 3.05) is 18.4 Å². The predicted octanol–water partition coefficient (Wildman–Crippen LogP) is 7.61. The van der Waals surface area contributed by atoms with Crippen LogP contribution in [0.3, 0.4) is 0 Å². The molecule has 5 heteroatoms. The van der Waals surface area contributed by atoms with E-state index in [1.54, 1.807) is 0 Å². The highest BCUT2D eigenvalue weighted by Gasteiger charge is 2.11. The van der Waals surface area contributed by atoms with Crippen molar-refractivity contribution >= 4 is 49.6 Å². The van der Waals surface area contributed by atoms with Crippen LogP contribution >= 0.6 is 22.9 Å². The topological polar surface area (TPSA) is 28.2 Å². The molecule has 5 aromatic rings. The van der Waals surface area contributed by atoms with E-state index in [0.29, 0.717) is 5.02 Å². The summed E-state index contributed by atoms with van der Waals surface area (Å²) < 4.78 is 1.36. The van der Waals surface area contributed by atoms with Gasteiger partial charge < -0.3 is 5.32 Å². The highest BCUT2D eigenvalue weighted by molar-refractivity contribution is 7.17. The maximum Gasteiger partial charge on any atom is 0.0737 e. The Morgan fingerprint density at radius 3 is 2.64 bits per heavy atom. The van der Waals surface area contributed by atoms with Crippen LogP contribution in [0, 0.1) is 0 Å². The Hall–Kier alpha value is -2.92. The molecule has 2 aromatic heterocycles. The zero-order valence-corrected chi connectivity index (χ0v) is 19.9. The van der Waals surface area contributed by atoms with E-state index in [-0.39, 0.29) is 0 Å². The summed E-state index contributed by atoms with van der Waals surface area (Å²) in [7, 11) is 0. The van der Waals surface area contributed by atoms with Gasteiger partial charge in [-0.25, -0.2) is 0 Å². The zero-order chi connectivity index (χ0) is 22.5. The SMILES string of the molecule is Clc1ccc2c(NCCCN(Cc3ccccc3)Cc3csc4ccccc34)ccnc2c1. The molecule has 0 radical (unpaired) electrons. The predicted molar refractivity (Wildman–Crippen MR) is 142 cm³/mol. The van der Waals surface area contributed by atoms with Gasteiger partial charge in [0.15, 0.2) is 0 Å². The van der Waals surface area contributed by atoms with Crippen LogP contribution in [0.4, 0.5) is 5.69 Å². The smallest absolute Gasteiger partial charge is 0.0737 e. The summed E-state index contributed by atoms with van der Waals surface area (Å²) in [5, 5.41) is 9.11. The van der Waals surface area contributed by atoms with Gasteiger partial charge in [0, 0.05) is 53.2 Å². The average Bonchev–Trinajstić information content (AvgIpc) is 3.25. The van der Waals surface area contributed by atoms with Crippen molar-refractivity contribution in [2.24, 2.45) is 0 Å². The van der Waals surface area contributed by atoms with Crippen molar-refractivity contribution in [2.45, 2.75) is 19.5 Å². The Morgan fingerprint density at radius 2 is 1.73 bits per heavy atom. The van der Waals surface area contributed by atoms with Gasteiger partial charge in [0.25, 0.3) is 0 Å². The van der Waals surface area contributed by atoms with E-state index < -0.39 is 0 Å². The van der Waals surface area contributed by atoms with Gasteiger partial charge >= 0.3 is 0 Å². The van der Waals surface area contributed by atoms with Crippen LogP contribution in [-0.4, -0.2) is 23.0 Å². The molecule has 33 heavy (non-hydrogen) atoms. The maximum atomic E-state index is 6.13. The number of halogens is 1. The number of thiophene rings is 1. The Kier molecular flexibility index (Phi) is 6.87. The minimum absolute atomic E-state index is 0.713. The first-order valence-electron chi connectivity index (χ1n) is 11.3. The third-order valence-corrected chi connectivity index (χ3v) is 7.12. The van der Waals surface area contributed by atoms with Crippen molar-refractivity contribution in [3.05, 3.63) is 107 Å². The van der Waals surface area contributed by atoms with E-state index in [1.165, 1.54) is 21.2 Å². The molecular weight excluding hydrogens is 446 g/mol. The summed E-state index contributed by atoms with van der Waals surface area (Å²) in [5.74, 6) is 0. The first-order valence-corrected chi connectivity index (χ1v) is 12.5. The third-order valence-electron chi connectivity index (χ3n) is 5.88. The second-order valence-electron chi connectivity index (χ2n) is 8.25. The average molecular weight is 472 g/mol. The number of nitrogens with one attached hydrogen (secondary N) is 1. The molecule has 2 heterocycles. The standard InChI is InChI=1S/C28H26ClN3S/c29-23-11-12-25-26(13-15-31-27(25)17-23)30-14-6-16-32(18-21-7-2-1-3-8-21)19-22-20-33-28-10-5-4-9-24(22)28/h1-5,7-13,15,17,20H,6,14,16,18-19H2,(H,30,31). The van der Waals surface area contributed by atoms with Crippen LogP contribution < -0.4 is 5.32 Å². The fraction of sp³-hybridized carbons (Fsp3) is 0.179. The molecule has 5 rings (SSSR count). The van der Waals surface area contributed by atoms with E-state index in [1.807, 2.05) is 41.8 Å². The van der Waals surface area contributed by atoms with Crippen LogP contribution in [0.2, 0.25) is 5.02 Å². The van der Waals surface area contributed by atoms with Crippen molar-refractivity contribution < 1.29 is 0 Å². The second kappa shape index (κ2) is 10.3. The Balaban J connectivity index is 1.26. The number of fused-ring (bicyclic) bond motifs is 2. The highest BCUT2D eigenvalue weighted by atomic mass is 35.5. The Bertz CT molecular complexity index is 1350. The number of pyridine rings is 1. The normalized spacial score (nSPS) is 11.5. The summed E-state index contributed by atoms with van der Waals surface area (Å²) in [6, 6.07) is 27.4. The van der Waals surface area contributed by atoms with Gasteiger partial charge in [-0.1, -0.05) is 60.1 Å². The van der Waals surface area contributed by atoms with Crippen molar-refractivity contribution in [3.63, 3.8) is 0 Å². The summed E-state index contributed by atoms with van der Waals surface area (Å²) in [5.41, 5.74) is 4.79. The lowest BCUT2D eigenvalue weighted by Crippen LogP contribution is -2.25. The molecular formula is C28H26ClN3S. The van der Waals surface area contributed by atoms with Crippen molar-refractivity contribution in [1.82, 2.24) is 9.88 Å². The summed E-state index contributed by atoms with van der Waals surface area (Å²) in [6.07, 6.45) is 2.89. The summed E-state index contributed by atoms with van der Waals surface area (Å²) >= 11 is 7.96. The van der Waals surface area contributed by atoms with Gasteiger partial charge in [-0.2, -0.15) is 0 Å². The lowest BCUT2D eigenvalue weighted by molar-refractivity contribution is 0.257. The van der Waals surface area contributed by atoms with Gasteiger partial charge in [0.1, 0.15) is 0 Å². The molecule has 0 unspecified atom stereocenters. The van der Waals surface area contributed by atoms with E-state index >= 15 is 0 Å². The third kappa shape index (κ3) is 5.36. The summed E-state index contributed by atoms with van der Waals surface area (Å²) in [6.45, 7) is 3.82. The monoisotopic (exact) mass is 471 g/mol. The molecule has 0 aliphatic rings. The molecule has 0 atom stereocenters. The number of anilines is 1. The van der Waals surface area contributed by atoms with Crippen molar-refractivity contribution in [1.29, 1.82) is 0 Å². The molecule has 166 valence electrons. The minimum atomic E-state index is 0.713. The fourth-order valence-electron chi connectivity index (χ4n) is 4.25. The second-order valence-corrected chi connectivity index (χ2v) is 9.60. The molecule has 0 aliphatic heterocycles. The van der Waals surface area contributed by atoms with E-state index in [0.717, 1.165) is 49.2 Å². The molecule has 0 bridgehead atoms. The Labute approximate surface area is 203 Å². The van der Waals surface area contributed by atoms with Crippen molar-refractivity contribution in [3.8, 4) is 0 Å². The number of nitrogens with zero attached hydrogens (tertiary/aromatic N) is 2. The Morgan fingerprint density at radius 1 is 0.879 bits per heavy atom. The molecule has 1 N–H and O–H groups in total. The van der Waals surface area contributed by atoms with Crippen LogP contribution in [0.15, 0.2) is 90.4 Å². The van der Waals surface area contributed by atoms with Crippen LogP contribution in [0.25, 0.3) is 21.0 Å². The molecule has 0 fully saturated rings. The molecule has 3 nitrogen and oxygen atoms in total. The molecule has 0 aliphatic carbocycles. The van der Waals surface area contributed by atoms with Gasteiger partial charge in [0.2, 0.25) is 0 Å². The molecule has 3 aromatic carbocycles. The van der Waals surface area contributed by atoms with Crippen LogP contribution in [0.5, 0.6) is 0 Å². The number of rotatable bonds is 9. The van der Waals surface area contributed by atoms with Gasteiger partial charge in [0.05, 0.1) is 5.52 Å². The lowest BCUT2D eigenvalue weighted by Gasteiger charge is -2.23. The number of hydrogen-bond donors (Lipinski definition) is 1. The number of aromatic nitrogens is 1. The largest absolute Gasteiger partial charge is 0.384 e. The van der Waals surface area contributed by atoms with E-state index in [4.69, 9.17) is 11.6 Å². The summed E-state index contributed by atoms with van der Waals surface area (Å²) in [4.78, 5) is 6.99. The fourth-order valence-corrected chi connectivity index (χ4v) is 5.37. The highest BCUT2D eigenvalue weighted by Crippen LogP contribution is 2.27. The van der Waals surface area contributed by atoms with Crippen LogP contribution in [0.1, 0.15) is 17.5 Å². The van der Waals surface area contributed by atoms with E-state index in [2.05, 4.69) is 75.2 Å². The first kappa shape index (κ1) is 21.9. The zero-order valence-electron chi connectivity index (χ0n) is 18.4. The quantitative estimate of drug-likeness (QED) is 0.224. The molecule has 0 amide bonds. The van der Waals surface area contributed by atoms with Gasteiger partial charge in [-0.15, -0.1) is 11.3 Å². The van der Waals surface area contributed by atoms with E-state index in [9.17, 15) is 0 Å². The lowest BCUT2D eigenvalue weighted by atomic mass is 10.1. The first-order chi connectivity index (χ1) is 16.3. The molecule has 0 saturated carbocycles. The van der Waals surface area contributed by atoms with Gasteiger partial charge in [-0.05, 0) is 58.6 Å². The molecule has 0 spiro atoms. The minimum Gasteiger partial charge on any atom is -0.384 e. The van der Waals surface area contributed by atoms with Crippen LogP contribution in [-0.2, 0) is 13.1 Å². The number of benzene rings is 3. The molecule has 0 saturated heterocycles. The maximum absolute atomic E-state index is 6.13.